The van der Waals surface area contributed by atoms with Crippen LogP contribution in [0.5, 0.6) is 5.75 Å². The topological polar surface area (TPSA) is 71.8 Å². The van der Waals surface area contributed by atoms with Crippen LogP contribution in [0.4, 0.5) is 14.5 Å². The zero-order valence-electron chi connectivity index (χ0n) is 18.8. The minimum Gasteiger partial charge on any atom is -0.484 e. The average molecular weight is 488 g/mol. The van der Waals surface area contributed by atoms with Gasteiger partial charge in [0, 0.05) is 30.6 Å². The smallest absolute Gasteiger partial charge is 0.160 e. The van der Waals surface area contributed by atoms with Crippen molar-refractivity contribution in [1.29, 1.82) is 0 Å². The van der Waals surface area contributed by atoms with Crippen LogP contribution in [0, 0.1) is 19.7 Å². The molecule has 6 rings (SSSR count). The Kier molecular flexibility index (Phi) is 5.04. The van der Waals surface area contributed by atoms with E-state index in [1.165, 1.54) is 12.1 Å². The molecule has 0 saturated carbocycles. The first-order chi connectivity index (χ1) is 16.4. The van der Waals surface area contributed by atoms with Gasteiger partial charge < -0.3 is 15.0 Å². The summed E-state index contributed by atoms with van der Waals surface area (Å²) in [4.78, 5) is 18.2. The van der Waals surface area contributed by atoms with E-state index in [0.29, 0.717) is 42.2 Å². The normalized spacial score (nSPS) is 25.7. The lowest BCUT2D eigenvalue weighted by Crippen LogP contribution is -2.51. The van der Waals surface area contributed by atoms with Gasteiger partial charge in [-0.25, -0.2) is 18.3 Å². The number of rotatable bonds is 4. The number of alkyl halides is 1. The Bertz CT molecular complexity index is 1330. The number of piperidine rings is 1. The molecule has 3 aromatic rings. The van der Waals surface area contributed by atoms with Crippen LogP contribution in [0.15, 0.2) is 12.1 Å². The van der Waals surface area contributed by atoms with Crippen molar-refractivity contribution in [2.75, 3.05) is 4.90 Å². The van der Waals surface area contributed by atoms with E-state index in [9.17, 15) is 4.79 Å². The fourth-order valence-corrected chi connectivity index (χ4v) is 5.69. The van der Waals surface area contributed by atoms with E-state index in [2.05, 4.69) is 15.4 Å². The zero-order valence-corrected chi connectivity index (χ0v) is 19.6. The number of aryl methyl sites for hydroxylation is 2. The fraction of sp³-hybridized carbons (Fsp3) is 0.458. The number of halogens is 3. The average Bonchev–Trinajstić information content (AvgIpc) is 3.50. The molecule has 0 aliphatic carbocycles. The Morgan fingerprint density at radius 2 is 2.09 bits per heavy atom. The lowest BCUT2D eigenvalue weighted by atomic mass is 10.00. The van der Waals surface area contributed by atoms with E-state index >= 15 is 8.78 Å². The molecule has 1 N–H and O–H groups in total. The summed E-state index contributed by atoms with van der Waals surface area (Å²) in [5, 5.41) is 8.48. The quantitative estimate of drug-likeness (QED) is 0.559. The molecular formula is C24H24ClF2N5O2. The number of hydrogen-bond acceptors (Lipinski definition) is 6. The molecular weight excluding hydrogens is 464 g/mol. The molecule has 178 valence electrons. The first-order valence-electron chi connectivity index (χ1n) is 11.5. The molecule has 1 aromatic carbocycles. The Morgan fingerprint density at radius 3 is 2.88 bits per heavy atom. The molecule has 3 aliphatic rings. The lowest BCUT2D eigenvalue weighted by molar-refractivity contribution is 0.0455. The number of nitrogens with zero attached hydrogens (tertiary/aromatic N) is 4. The number of hydrogen-bond donors (Lipinski definition) is 1. The number of carbonyl (C=O) groups is 1. The van der Waals surface area contributed by atoms with Crippen molar-refractivity contribution in [2.45, 2.75) is 70.6 Å². The van der Waals surface area contributed by atoms with Crippen molar-refractivity contribution < 1.29 is 18.3 Å². The molecule has 0 radical (unpaired) electrons. The largest absolute Gasteiger partial charge is 0.484 e. The van der Waals surface area contributed by atoms with Gasteiger partial charge in [0.25, 0.3) is 0 Å². The first-order valence-corrected chi connectivity index (χ1v) is 11.9. The van der Waals surface area contributed by atoms with Gasteiger partial charge in [0.05, 0.1) is 34.2 Å². The third kappa shape index (κ3) is 3.20. The van der Waals surface area contributed by atoms with Crippen molar-refractivity contribution in [2.24, 2.45) is 0 Å². The van der Waals surface area contributed by atoms with E-state index in [1.54, 1.807) is 9.42 Å². The number of aromatic nitrogens is 3. The maximum Gasteiger partial charge on any atom is 0.160 e. The molecule has 4 unspecified atom stereocenters. The number of nitrogens with one attached hydrogen (secondary N) is 1. The van der Waals surface area contributed by atoms with Crippen LogP contribution in [0.1, 0.15) is 52.3 Å². The van der Waals surface area contributed by atoms with Crippen molar-refractivity contribution in [1.82, 2.24) is 19.9 Å². The fourth-order valence-electron chi connectivity index (χ4n) is 5.57. The summed E-state index contributed by atoms with van der Waals surface area (Å²) in [6.45, 7) is 4.35. The monoisotopic (exact) mass is 487 g/mol. The summed E-state index contributed by atoms with van der Waals surface area (Å²) in [7, 11) is 0. The van der Waals surface area contributed by atoms with Gasteiger partial charge in [-0.3, -0.25) is 4.79 Å². The third-order valence-electron chi connectivity index (χ3n) is 7.31. The maximum atomic E-state index is 15.3. The second-order valence-corrected chi connectivity index (χ2v) is 9.81. The Balaban J connectivity index is 1.38. The standard InChI is InChI=1S/C24H24ClF2N5O2/c1-11-20(25)12(2)32-24(28-11)15-8-31(9-18(15)30-32)22-16(26)5-3-13(10-33)23(22)34-19-7-14-4-6-17(29-14)21(19)27/h3,5,10,14,17,19,21,29H,4,6-9H2,1-2H3. The predicted octanol–water partition coefficient (Wildman–Crippen LogP) is 4.08. The molecule has 7 nitrogen and oxygen atoms in total. The molecule has 3 aliphatic heterocycles. The number of fused-ring (bicyclic) bond motifs is 5. The predicted molar refractivity (Wildman–Crippen MR) is 123 cm³/mol. The number of aldehydes is 1. The van der Waals surface area contributed by atoms with E-state index in [1.807, 2.05) is 13.8 Å². The maximum absolute atomic E-state index is 15.3. The van der Waals surface area contributed by atoms with Gasteiger partial charge in [-0.1, -0.05) is 11.6 Å². The minimum atomic E-state index is -1.23. The van der Waals surface area contributed by atoms with Crippen LogP contribution in [-0.2, 0) is 13.1 Å². The van der Waals surface area contributed by atoms with Gasteiger partial charge in [-0.2, -0.15) is 5.10 Å². The summed E-state index contributed by atoms with van der Waals surface area (Å²) < 4.78 is 38.2. The Hall–Kier alpha value is -2.78. The lowest BCUT2D eigenvalue weighted by Gasteiger charge is -2.34. The molecule has 2 bridgehead atoms. The highest BCUT2D eigenvalue weighted by atomic mass is 35.5. The van der Waals surface area contributed by atoms with Crippen LogP contribution in [0.3, 0.4) is 0 Å². The Morgan fingerprint density at radius 1 is 1.26 bits per heavy atom. The van der Waals surface area contributed by atoms with E-state index in [0.717, 1.165) is 29.8 Å². The van der Waals surface area contributed by atoms with Crippen LogP contribution in [0.2, 0.25) is 5.02 Å². The highest BCUT2D eigenvalue weighted by Gasteiger charge is 2.44. The number of ether oxygens (including phenoxy) is 1. The second-order valence-electron chi connectivity index (χ2n) is 9.43. The molecule has 2 saturated heterocycles. The number of anilines is 1. The van der Waals surface area contributed by atoms with Crippen LogP contribution >= 0.6 is 11.6 Å². The van der Waals surface area contributed by atoms with Crippen molar-refractivity contribution in [3.63, 3.8) is 0 Å². The molecule has 2 fully saturated rings. The van der Waals surface area contributed by atoms with Crippen molar-refractivity contribution >= 4 is 29.2 Å². The first kappa shape index (κ1) is 21.7. The molecule has 0 amide bonds. The van der Waals surface area contributed by atoms with E-state index in [-0.39, 0.29) is 29.1 Å². The summed E-state index contributed by atoms with van der Waals surface area (Å²) in [5.41, 5.74) is 4.13. The van der Waals surface area contributed by atoms with Crippen molar-refractivity contribution in [3.8, 4) is 5.75 Å². The summed E-state index contributed by atoms with van der Waals surface area (Å²) in [5.74, 6) is -0.437. The van der Waals surface area contributed by atoms with E-state index in [4.69, 9.17) is 16.3 Å². The van der Waals surface area contributed by atoms with Crippen LogP contribution < -0.4 is 15.0 Å². The van der Waals surface area contributed by atoms with E-state index < -0.39 is 18.1 Å². The Labute approximate surface area is 200 Å². The molecule has 4 atom stereocenters. The van der Waals surface area contributed by atoms with Crippen LogP contribution in [-0.4, -0.2) is 45.2 Å². The van der Waals surface area contributed by atoms with Gasteiger partial charge in [0.2, 0.25) is 0 Å². The zero-order chi connectivity index (χ0) is 23.7. The summed E-state index contributed by atoms with van der Waals surface area (Å²) in [6.07, 6.45) is 0.774. The third-order valence-corrected chi connectivity index (χ3v) is 7.86. The second kappa shape index (κ2) is 7.88. The SMILES string of the molecule is Cc1nc2c3c(nn2c(C)c1Cl)CN(c1c(F)ccc(C=O)c1OC1CC2CCC(N2)C1F)C3. The van der Waals surface area contributed by atoms with Gasteiger partial charge in [0.15, 0.2) is 23.9 Å². The van der Waals surface area contributed by atoms with Gasteiger partial charge in [-0.05, 0) is 38.8 Å². The number of carbonyl (C=O) groups excluding carboxylic acids is 1. The molecule has 2 aromatic heterocycles. The summed E-state index contributed by atoms with van der Waals surface area (Å²) >= 11 is 6.34. The van der Waals surface area contributed by atoms with Gasteiger partial charge in [0.1, 0.15) is 17.6 Å². The minimum absolute atomic E-state index is 0.0921. The molecule has 10 heteroatoms. The van der Waals surface area contributed by atoms with Crippen LogP contribution in [0.25, 0.3) is 5.65 Å². The highest BCUT2D eigenvalue weighted by molar-refractivity contribution is 6.31. The molecule has 34 heavy (non-hydrogen) atoms. The van der Waals surface area contributed by atoms with Crippen molar-refractivity contribution in [3.05, 3.63) is 51.2 Å². The van der Waals surface area contributed by atoms with Gasteiger partial charge >= 0.3 is 0 Å². The molecule has 5 heterocycles. The number of benzene rings is 1. The molecule has 0 spiro atoms. The summed E-state index contributed by atoms with van der Waals surface area (Å²) in [6, 6.07) is 2.54. The highest BCUT2D eigenvalue weighted by Crippen LogP contribution is 2.42. The van der Waals surface area contributed by atoms with Gasteiger partial charge in [-0.15, -0.1) is 0 Å².